The molecule has 2 heterocycles. The van der Waals surface area contributed by atoms with E-state index < -0.39 is 0 Å². The number of hydrogen-bond acceptors (Lipinski definition) is 5. The van der Waals surface area contributed by atoms with Crippen LogP contribution in [0.1, 0.15) is 43.2 Å². The number of benzene rings is 2. The van der Waals surface area contributed by atoms with Crippen molar-refractivity contribution in [1.29, 1.82) is 0 Å². The minimum atomic E-state index is -0.247. The van der Waals surface area contributed by atoms with Crippen LogP contribution in [0.5, 0.6) is 5.75 Å². The number of Topliss-reactive ketones (excluding diaryl/α,β-unsaturated/α-hetero) is 1. The third-order valence-electron chi connectivity index (χ3n) is 6.17. The molecular formula is C28H25ClN2O3S. The summed E-state index contributed by atoms with van der Waals surface area (Å²) in [5, 5.41) is 3.14. The number of ketones is 1. The molecule has 2 aromatic heterocycles. The summed E-state index contributed by atoms with van der Waals surface area (Å²) in [6, 6.07) is 16.6. The zero-order valence-electron chi connectivity index (χ0n) is 19.8. The van der Waals surface area contributed by atoms with Crippen molar-refractivity contribution in [3.8, 4) is 33.3 Å². The Morgan fingerprint density at radius 1 is 1.06 bits per heavy atom. The van der Waals surface area contributed by atoms with Crippen molar-refractivity contribution in [3.05, 3.63) is 86.6 Å². The zero-order chi connectivity index (χ0) is 24.7. The highest BCUT2D eigenvalue weighted by Crippen LogP contribution is 2.38. The van der Waals surface area contributed by atoms with E-state index in [1.54, 1.807) is 10.6 Å². The van der Waals surface area contributed by atoms with Gasteiger partial charge in [0.1, 0.15) is 10.8 Å². The number of fused-ring (bicyclic) bond motifs is 1. The smallest absolute Gasteiger partial charge is 0.265 e. The topological polar surface area (TPSA) is 61.2 Å². The molecule has 7 heteroatoms. The number of aromatic nitrogens is 2. The van der Waals surface area contributed by atoms with Crippen LogP contribution < -0.4 is 10.3 Å². The largest absolute Gasteiger partial charge is 0.492 e. The second-order valence-electron chi connectivity index (χ2n) is 9.45. The molecule has 0 saturated carbocycles. The number of pyridine rings is 1. The predicted molar refractivity (Wildman–Crippen MR) is 141 cm³/mol. The number of halogens is 1. The molecule has 0 radical (unpaired) electrons. The van der Waals surface area contributed by atoms with Crippen molar-refractivity contribution in [2.45, 2.75) is 33.6 Å². The Hall–Kier alpha value is -3.22. The predicted octanol–water partition coefficient (Wildman–Crippen LogP) is 6.84. The van der Waals surface area contributed by atoms with E-state index in [9.17, 15) is 9.59 Å². The van der Waals surface area contributed by atoms with E-state index in [-0.39, 0.29) is 16.8 Å². The molecule has 1 aliphatic rings. The number of para-hydroxylation sites is 2. The van der Waals surface area contributed by atoms with Crippen molar-refractivity contribution >= 4 is 28.7 Å². The van der Waals surface area contributed by atoms with Gasteiger partial charge < -0.3 is 4.74 Å². The van der Waals surface area contributed by atoms with Gasteiger partial charge in [-0.1, -0.05) is 49.7 Å². The summed E-state index contributed by atoms with van der Waals surface area (Å²) < 4.78 is 7.53. The Balaban J connectivity index is 1.74. The number of thiazole rings is 1. The molecular weight excluding hydrogens is 480 g/mol. The first-order valence-corrected chi connectivity index (χ1v) is 12.8. The molecule has 0 unspecified atom stereocenters. The zero-order valence-corrected chi connectivity index (χ0v) is 21.4. The van der Waals surface area contributed by atoms with Crippen molar-refractivity contribution in [2.75, 3.05) is 6.61 Å². The highest BCUT2D eigenvalue weighted by molar-refractivity contribution is 7.13. The minimum absolute atomic E-state index is 0.0367. The normalized spacial score (nSPS) is 14.6. The molecule has 2 aromatic carbocycles. The van der Waals surface area contributed by atoms with Crippen molar-refractivity contribution in [3.63, 3.8) is 0 Å². The molecule has 0 spiro atoms. The Kier molecular flexibility index (Phi) is 6.11. The lowest BCUT2D eigenvalue weighted by Gasteiger charge is -2.32. The number of nitrogens with zero attached hydrogens (tertiary/aromatic N) is 2. The van der Waals surface area contributed by atoms with Crippen LogP contribution in [-0.4, -0.2) is 21.9 Å². The van der Waals surface area contributed by atoms with Crippen LogP contribution >= 0.6 is 22.9 Å². The second kappa shape index (κ2) is 9.10. The van der Waals surface area contributed by atoms with Gasteiger partial charge in [-0.25, -0.2) is 4.98 Å². The van der Waals surface area contributed by atoms with Gasteiger partial charge in [-0.2, -0.15) is 0 Å². The first-order chi connectivity index (χ1) is 16.8. The van der Waals surface area contributed by atoms with Crippen LogP contribution in [-0.2, 0) is 6.42 Å². The Labute approximate surface area is 213 Å². The number of ether oxygens (including phenoxy) is 1. The van der Waals surface area contributed by atoms with Crippen molar-refractivity contribution in [2.24, 2.45) is 5.41 Å². The molecule has 5 nitrogen and oxygen atoms in total. The van der Waals surface area contributed by atoms with E-state index in [1.807, 2.05) is 60.8 Å². The molecule has 5 rings (SSSR count). The lowest BCUT2D eigenvalue weighted by Crippen LogP contribution is -2.35. The maximum Gasteiger partial charge on any atom is 0.265 e. The summed E-state index contributed by atoms with van der Waals surface area (Å²) in [5.74, 6) is 0.642. The summed E-state index contributed by atoms with van der Waals surface area (Å²) in [4.78, 5) is 32.1. The van der Waals surface area contributed by atoms with Crippen LogP contribution in [0.25, 0.3) is 27.5 Å². The third kappa shape index (κ3) is 4.44. The van der Waals surface area contributed by atoms with Crippen LogP contribution in [0.4, 0.5) is 0 Å². The maximum absolute atomic E-state index is 14.1. The molecule has 0 N–H and O–H groups in total. The van der Waals surface area contributed by atoms with E-state index in [1.165, 1.54) is 11.3 Å². The summed E-state index contributed by atoms with van der Waals surface area (Å²) in [7, 11) is 0. The molecule has 0 atom stereocenters. The van der Waals surface area contributed by atoms with Crippen molar-refractivity contribution < 1.29 is 9.53 Å². The van der Waals surface area contributed by atoms with Crippen LogP contribution in [0, 0.1) is 5.41 Å². The molecule has 0 amide bonds. The number of rotatable bonds is 5. The maximum atomic E-state index is 14.1. The van der Waals surface area contributed by atoms with Gasteiger partial charge in [0.05, 0.1) is 23.6 Å². The van der Waals surface area contributed by atoms with Crippen LogP contribution in [0.2, 0.25) is 5.02 Å². The van der Waals surface area contributed by atoms with Crippen molar-refractivity contribution in [1.82, 2.24) is 9.55 Å². The molecule has 4 aromatic rings. The van der Waals surface area contributed by atoms with E-state index in [4.69, 9.17) is 21.3 Å². The lowest BCUT2D eigenvalue weighted by atomic mass is 9.75. The Bertz CT molecular complexity index is 1490. The quantitative estimate of drug-likeness (QED) is 0.298. The van der Waals surface area contributed by atoms with E-state index >= 15 is 0 Å². The molecule has 35 heavy (non-hydrogen) atoms. The minimum Gasteiger partial charge on any atom is -0.492 e. The fourth-order valence-corrected chi connectivity index (χ4v) is 5.55. The fraction of sp³-hybridized carbons (Fsp3) is 0.250. The van der Waals surface area contributed by atoms with Crippen LogP contribution in [0.3, 0.4) is 0 Å². The molecule has 178 valence electrons. The van der Waals surface area contributed by atoms with Gasteiger partial charge in [-0.15, -0.1) is 11.3 Å². The summed E-state index contributed by atoms with van der Waals surface area (Å²) >= 11 is 7.41. The van der Waals surface area contributed by atoms with Gasteiger partial charge in [-0.3, -0.25) is 14.2 Å². The summed E-state index contributed by atoms with van der Waals surface area (Å²) in [6.07, 6.45) is 1.04. The van der Waals surface area contributed by atoms with E-state index in [0.717, 1.165) is 17.0 Å². The molecule has 0 aliphatic heterocycles. The highest BCUT2D eigenvalue weighted by Gasteiger charge is 2.35. The van der Waals surface area contributed by atoms with Gasteiger partial charge >= 0.3 is 0 Å². The standard InChI is InChI=1S/C28H25ClN2O3S/c1-4-34-25-8-6-5-7-22(25)31-23-14-28(2,3)15-24(32)19(23)13-20(27(31)33)26-30-21(16-35-26)17-9-11-18(29)12-10-17/h5-13,16H,4,14-15H2,1-3H3. The number of carbonyl (C=O) groups excluding carboxylic acids is 1. The molecule has 0 bridgehead atoms. The second-order valence-corrected chi connectivity index (χ2v) is 10.7. The molecule has 0 saturated heterocycles. The average Bonchev–Trinajstić information content (AvgIpc) is 3.29. The number of carbonyl (C=O) groups is 1. The summed E-state index contributed by atoms with van der Waals surface area (Å²) in [6.45, 7) is 6.50. The first kappa shape index (κ1) is 23.5. The first-order valence-electron chi connectivity index (χ1n) is 11.5. The molecule has 1 aliphatic carbocycles. The van der Waals surface area contributed by atoms with Gasteiger partial charge in [0, 0.05) is 33.6 Å². The van der Waals surface area contributed by atoms with Gasteiger partial charge in [-0.05, 0) is 49.1 Å². The monoisotopic (exact) mass is 504 g/mol. The SMILES string of the molecule is CCOc1ccccc1-n1c2c(cc(-c3nc(-c4ccc(Cl)cc4)cs3)c1=O)C(=O)CC(C)(C)C2. The van der Waals surface area contributed by atoms with Crippen LogP contribution in [0.15, 0.2) is 64.8 Å². The summed E-state index contributed by atoms with van der Waals surface area (Å²) in [5.41, 5.74) is 3.56. The fourth-order valence-electron chi connectivity index (χ4n) is 4.59. The Morgan fingerprint density at radius 3 is 2.54 bits per heavy atom. The molecule has 0 fully saturated rings. The average molecular weight is 505 g/mol. The van der Waals surface area contributed by atoms with Gasteiger partial charge in [0.25, 0.3) is 5.56 Å². The third-order valence-corrected chi connectivity index (χ3v) is 7.30. The number of hydrogen-bond donors (Lipinski definition) is 0. The van der Waals surface area contributed by atoms with Gasteiger partial charge in [0.15, 0.2) is 5.78 Å². The van der Waals surface area contributed by atoms with Gasteiger partial charge in [0.2, 0.25) is 0 Å². The van der Waals surface area contributed by atoms with E-state index in [2.05, 4.69) is 13.8 Å². The highest BCUT2D eigenvalue weighted by atomic mass is 35.5. The van der Waals surface area contributed by atoms with E-state index in [0.29, 0.717) is 52.0 Å². The lowest BCUT2D eigenvalue weighted by molar-refractivity contribution is 0.0909. The Morgan fingerprint density at radius 2 is 1.80 bits per heavy atom.